The molecule has 2 atom stereocenters. The third-order valence-corrected chi connectivity index (χ3v) is 5.37. The number of para-hydroxylation sites is 2. The lowest BCUT2D eigenvalue weighted by molar-refractivity contribution is -0.128. The van der Waals surface area contributed by atoms with Gasteiger partial charge >= 0.3 is 0 Å². The number of hydrogen-bond acceptors (Lipinski definition) is 4. The van der Waals surface area contributed by atoms with Crippen molar-refractivity contribution in [2.24, 2.45) is 5.73 Å². The molecule has 2 aromatic carbocycles. The molecule has 0 aliphatic carbocycles. The van der Waals surface area contributed by atoms with Crippen LogP contribution in [0.3, 0.4) is 0 Å². The molecule has 2 amide bonds. The molecule has 1 aliphatic heterocycles. The summed E-state index contributed by atoms with van der Waals surface area (Å²) in [6, 6.07) is 16.3. The van der Waals surface area contributed by atoms with Gasteiger partial charge in [-0.05, 0) is 37.0 Å². The van der Waals surface area contributed by atoms with Crippen LogP contribution < -0.4 is 20.9 Å². The maximum absolute atomic E-state index is 13.4. The number of fused-ring (bicyclic) bond motifs is 1. The Morgan fingerprint density at radius 2 is 1.67 bits per heavy atom. The monoisotopic (exact) mass is 408 g/mol. The van der Waals surface area contributed by atoms with Crippen LogP contribution in [0.1, 0.15) is 32.3 Å². The number of nitrogens with zero attached hydrogens (tertiary/aromatic N) is 2. The zero-order valence-electron chi connectivity index (χ0n) is 17.9. The molecule has 0 saturated carbocycles. The van der Waals surface area contributed by atoms with Gasteiger partial charge in [0.25, 0.3) is 5.91 Å². The van der Waals surface area contributed by atoms with Crippen LogP contribution in [-0.4, -0.2) is 43.5 Å². The van der Waals surface area contributed by atoms with Crippen molar-refractivity contribution in [2.45, 2.75) is 45.2 Å². The quantitative estimate of drug-likeness (QED) is 0.704. The van der Waals surface area contributed by atoms with E-state index >= 15 is 0 Å². The van der Waals surface area contributed by atoms with Crippen LogP contribution in [0, 0.1) is 0 Å². The standard InChI is InChI=1S/C24H32N4O2/c1-3-14-27-17-20(26-23(29)19(25)16-18-10-6-5-7-11-18)24(30)28(15-4-2)22-13-9-8-12-21(22)27/h5-13,19-20H,3-4,14-17,25H2,1-2H3,(H,26,29)/t19-,20?/m1/s1. The zero-order valence-corrected chi connectivity index (χ0v) is 17.9. The Hall–Kier alpha value is -2.86. The van der Waals surface area contributed by atoms with Gasteiger partial charge in [0.1, 0.15) is 6.04 Å². The Bertz CT molecular complexity index is 855. The van der Waals surface area contributed by atoms with E-state index in [1.807, 2.05) is 61.5 Å². The summed E-state index contributed by atoms with van der Waals surface area (Å²) >= 11 is 0. The van der Waals surface area contributed by atoms with E-state index in [1.54, 1.807) is 4.90 Å². The highest BCUT2D eigenvalue weighted by Gasteiger charge is 2.34. The number of rotatable bonds is 8. The van der Waals surface area contributed by atoms with Crippen molar-refractivity contribution in [3.8, 4) is 0 Å². The molecule has 0 aromatic heterocycles. The molecule has 0 saturated heterocycles. The molecule has 160 valence electrons. The summed E-state index contributed by atoms with van der Waals surface area (Å²) in [4.78, 5) is 30.3. The molecule has 2 aromatic rings. The molecule has 30 heavy (non-hydrogen) atoms. The highest BCUT2D eigenvalue weighted by atomic mass is 16.2. The number of anilines is 2. The third-order valence-electron chi connectivity index (χ3n) is 5.37. The largest absolute Gasteiger partial charge is 0.367 e. The minimum atomic E-state index is -0.704. The number of carbonyl (C=O) groups is 2. The second-order valence-corrected chi connectivity index (χ2v) is 7.78. The van der Waals surface area contributed by atoms with Crippen LogP contribution in [0.2, 0.25) is 0 Å². The lowest BCUT2D eigenvalue weighted by atomic mass is 10.1. The maximum Gasteiger partial charge on any atom is 0.251 e. The van der Waals surface area contributed by atoms with E-state index in [0.717, 1.165) is 36.3 Å². The summed E-state index contributed by atoms with van der Waals surface area (Å²) in [5, 5.41) is 2.94. The molecule has 3 N–H and O–H groups in total. The van der Waals surface area contributed by atoms with E-state index in [0.29, 0.717) is 19.5 Å². The normalized spacial score (nSPS) is 17.3. The fourth-order valence-corrected chi connectivity index (χ4v) is 3.95. The van der Waals surface area contributed by atoms with Crippen molar-refractivity contribution < 1.29 is 9.59 Å². The van der Waals surface area contributed by atoms with Crippen LogP contribution >= 0.6 is 0 Å². The first kappa shape index (κ1) is 21.8. The highest BCUT2D eigenvalue weighted by molar-refractivity contribution is 6.03. The molecule has 0 spiro atoms. The summed E-state index contributed by atoms with van der Waals surface area (Å²) in [6.07, 6.45) is 2.22. The second-order valence-electron chi connectivity index (χ2n) is 7.78. The van der Waals surface area contributed by atoms with Crippen molar-refractivity contribution in [3.05, 3.63) is 60.2 Å². The fourth-order valence-electron chi connectivity index (χ4n) is 3.95. The summed E-state index contributed by atoms with van der Waals surface area (Å²) in [7, 11) is 0. The molecule has 0 radical (unpaired) electrons. The van der Waals surface area contributed by atoms with Gasteiger partial charge in [0, 0.05) is 19.6 Å². The average molecular weight is 409 g/mol. The Balaban J connectivity index is 1.81. The smallest absolute Gasteiger partial charge is 0.251 e. The molecule has 1 heterocycles. The van der Waals surface area contributed by atoms with E-state index in [4.69, 9.17) is 5.73 Å². The fraction of sp³-hybridized carbons (Fsp3) is 0.417. The number of carbonyl (C=O) groups excluding carboxylic acids is 2. The van der Waals surface area contributed by atoms with Gasteiger partial charge in [0.2, 0.25) is 5.91 Å². The number of nitrogens with two attached hydrogens (primary N) is 1. The Labute approximate surface area is 179 Å². The van der Waals surface area contributed by atoms with Gasteiger partial charge < -0.3 is 20.9 Å². The average Bonchev–Trinajstić information content (AvgIpc) is 2.86. The Morgan fingerprint density at radius 3 is 2.33 bits per heavy atom. The van der Waals surface area contributed by atoms with Gasteiger partial charge in [-0.15, -0.1) is 0 Å². The lowest BCUT2D eigenvalue weighted by Gasteiger charge is -2.27. The summed E-state index contributed by atoms with van der Waals surface area (Å²) in [5.41, 5.74) is 9.11. The highest BCUT2D eigenvalue weighted by Crippen LogP contribution is 2.33. The van der Waals surface area contributed by atoms with Gasteiger partial charge in [-0.2, -0.15) is 0 Å². The maximum atomic E-state index is 13.4. The number of benzene rings is 2. The van der Waals surface area contributed by atoms with Crippen LogP contribution in [0.5, 0.6) is 0 Å². The number of hydrogen-bond donors (Lipinski definition) is 2. The number of nitrogens with one attached hydrogen (secondary N) is 1. The Morgan fingerprint density at radius 1 is 1.03 bits per heavy atom. The Kier molecular flexibility index (Phi) is 7.46. The van der Waals surface area contributed by atoms with Crippen molar-refractivity contribution in [2.75, 3.05) is 29.4 Å². The lowest BCUT2D eigenvalue weighted by Crippen LogP contribution is -2.56. The molecule has 6 nitrogen and oxygen atoms in total. The van der Waals surface area contributed by atoms with E-state index in [9.17, 15) is 9.59 Å². The topological polar surface area (TPSA) is 78.7 Å². The predicted octanol–water partition coefficient (Wildman–Crippen LogP) is 2.71. The zero-order chi connectivity index (χ0) is 21.5. The molecule has 0 bridgehead atoms. The van der Waals surface area contributed by atoms with Crippen LogP contribution in [0.25, 0.3) is 0 Å². The minimum absolute atomic E-state index is 0.0804. The van der Waals surface area contributed by atoms with Crippen molar-refractivity contribution >= 4 is 23.2 Å². The molecular formula is C24H32N4O2. The SMILES string of the molecule is CCCN1CC(NC(=O)[C@H](N)Cc2ccccc2)C(=O)N(CCC)c2ccccc21. The van der Waals surface area contributed by atoms with Crippen molar-refractivity contribution in [3.63, 3.8) is 0 Å². The first-order valence-electron chi connectivity index (χ1n) is 10.8. The van der Waals surface area contributed by atoms with E-state index in [-0.39, 0.29) is 11.8 Å². The van der Waals surface area contributed by atoms with Crippen LogP contribution in [0.15, 0.2) is 54.6 Å². The summed E-state index contributed by atoms with van der Waals surface area (Å²) in [5.74, 6) is -0.376. The van der Waals surface area contributed by atoms with Gasteiger partial charge in [0.15, 0.2) is 0 Å². The molecule has 3 rings (SSSR count). The van der Waals surface area contributed by atoms with Gasteiger partial charge in [0.05, 0.1) is 17.4 Å². The first-order chi connectivity index (χ1) is 14.5. The van der Waals surface area contributed by atoms with Gasteiger partial charge in [-0.1, -0.05) is 56.3 Å². The molecule has 1 unspecified atom stereocenters. The predicted molar refractivity (Wildman–Crippen MR) is 122 cm³/mol. The second kappa shape index (κ2) is 10.3. The van der Waals surface area contributed by atoms with E-state index < -0.39 is 12.1 Å². The molecule has 6 heteroatoms. The van der Waals surface area contributed by atoms with Crippen LogP contribution in [-0.2, 0) is 16.0 Å². The third kappa shape index (κ3) is 5.00. The van der Waals surface area contributed by atoms with Gasteiger partial charge in [-0.3, -0.25) is 9.59 Å². The van der Waals surface area contributed by atoms with E-state index in [1.165, 1.54) is 0 Å². The van der Waals surface area contributed by atoms with Crippen molar-refractivity contribution in [1.29, 1.82) is 0 Å². The van der Waals surface area contributed by atoms with Crippen molar-refractivity contribution in [1.82, 2.24) is 5.32 Å². The summed E-state index contributed by atoms with van der Waals surface area (Å²) < 4.78 is 0. The van der Waals surface area contributed by atoms with E-state index in [2.05, 4.69) is 17.1 Å². The molecule has 1 aliphatic rings. The molecular weight excluding hydrogens is 376 g/mol. The van der Waals surface area contributed by atoms with Crippen LogP contribution in [0.4, 0.5) is 11.4 Å². The van der Waals surface area contributed by atoms with Gasteiger partial charge in [-0.25, -0.2) is 0 Å². The summed E-state index contributed by atoms with van der Waals surface area (Å²) in [6.45, 7) is 6.02. The minimum Gasteiger partial charge on any atom is -0.367 e. The number of amides is 2. The molecule has 0 fully saturated rings. The first-order valence-corrected chi connectivity index (χ1v) is 10.8.